The maximum atomic E-state index is 4.93. The molecular formula is C7H10N2. The monoisotopic (exact) mass is 122 g/mol. The number of rotatable bonds is 3. The predicted molar refractivity (Wildman–Crippen MR) is 40.4 cm³/mol. The fraction of sp³-hybridized carbons (Fsp3) is 0.286. The van der Waals surface area contributed by atoms with Crippen LogP contribution in [0.5, 0.6) is 0 Å². The molecule has 0 unspecified atom stereocenters. The minimum atomic E-state index is 0.634. The lowest BCUT2D eigenvalue weighted by atomic mass is 10.5. The van der Waals surface area contributed by atoms with Gasteiger partial charge in [-0.3, -0.25) is 4.99 Å². The van der Waals surface area contributed by atoms with E-state index in [1.165, 1.54) is 0 Å². The largest absolute Gasteiger partial charge is 0.301 e. The van der Waals surface area contributed by atoms with Gasteiger partial charge in [-0.1, -0.05) is 5.92 Å². The summed E-state index contributed by atoms with van der Waals surface area (Å²) in [5.41, 5.74) is 0. The van der Waals surface area contributed by atoms with E-state index in [1.807, 2.05) is 7.05 Å². The van der Waals surface area contributed by atoms with Crippen molar-refractivity contribution < 1.29 is 0 Å². The van der Waals surface area contributed by atoms with Gasteiger partial charge in [0.05, 0.1) is 6.67 Å². The van der Waals surface area contributed by atoms with Crippen molar-refractivity contribution in [3.8, 4) is 12.3 Å². The molecule has 0 saturated heterocycles. The molecule has 0 saturated carbocycles. The Balaban J connectivity index is 3.27. The van der Waals surface area contributed by atoms with E-state index in [0.29, 0.717) is 6.67 Å². The molecule has 0 aliphatic rings. The molecule has 0 rings (SSSR count). The minimum Gasteiger partial charge on any atom is -0.301 e. The average molecular weight is 122 g/mol. The fourth-order valence-electron chi connectivity index (χ4n) is 0.303. The zero-order valence-corrected chi connectivity index (χ0v) is 5.46. The first-order valence-electron chi connectivity index (χ1n) is 2.67. The molecule has 0 spiro atoms. The van der Waals surface area contributed by atoms with Crippen molar-refractivity contribution in [1.82, 2.24) is 5.32 Å². The van der Waals surface area contributed by atoms with Gasteiger partial charge in [0.2, 0.25) is 0 Å². The van der Waals surface area contributed by atoms with Crippen LogP contribution in [0, 0.1) is 12.3 Å². The van der Waals surface area contributed by atoms with Gasteiger partial charge in [0.25, 0.3) is 0 Å². The lowest BCUT2D eigenvalue weighted by Crippen LogP contribution is -2.04. The van der Waals surface area contributed by atoms with Gasteiger partial charge >= 0.3 is 0 Å². The van der Waals surface area contributed by atoms with Crippen molar-refractivity contribution in [2.45, 2.75) is 0 Å². The Hall–Kier alpha value is -1.07. The first-order chi connectivity index (χ1) is 4.41. The van der Waals surface area contributed by atoms with Crippen LogP contribution in [0.25, 0.3) is 0 Å². The van der Waals surface area contributed by atoms with Gasteiger partial charge in [0.15, 0.2) is 0 Å². The smallest absolute Gasteiger partial charge is 0.0881 e. The molecule has 0 aromatic heterocycles. The molecule has 48 valence electrons. The first kappa shape index (κ1) is 7.93. The SMILES string of the molecule is C#C/C=C\C=NCNC. The Morgan fingerprint density at radius 2 is 2.56 bits per heavy atom. The molecule has 2 nitrogen and oxygen atoms in total. The summed E-state index contributed by atoms with van der Waals surface area (Å²) in [5.74, 6) is 2.35. The highest BCUT2D eigenvalue weighted by atomic mass is 15.0. The summed E-state index contributed by atoms with van der Waals surface area (Å²) in [6, 6.07) is 0. The van der Waals surface area contributed by atoms with Crippen LogP contribution in [0.15, 0.2) is 17.1 Å². The number of terminal acetylenes is 1. The van der Waals surface area contributed by atoms with E-state index in [0.717, 1.165) is 0 Å². The summed E-state index contributed by atoms with van der Waals surface area (Å²) in [5, 5.41) is 2.86. The van der Waals surface area contributed by atoms with E-state index in [1.54, 1.807) is 18.4 Å². The van der Waals surface area contributed by atoms with Crippen LogP contribution >= 0.6 is 0 Å². The molecule has 0 amide bonds. The van der Waals surface area contributed by atoms with Crippen molar-refractivity contribution >= 4 is 6.21 Å². The van der Waals surface area contributed by atoms with Crippen LogP contribution in [0.4, 0.5) is 0 Å². The number of hydrogen-bond acceptors (Lipinski definition) is 2. The van der Waals surface area contributed by atoms with Gasteiger partial charge in [0, 0.05) is 6.21 Å². The van der Waals surface area contributed by atoms with Crippen molar-refractivity contribution in [2.24, 2.45) is 4.99 Å². The zero-order valence-electron chi connectivity index (χ0n) is 5.46. The Bertz CT molecular complexity index is 139. The van der Waals surface area contributed by atoms with Crippen LogP contribution in [-0.4, -0.2) is 19.9 Å². The second-order valence-corrected chi connectivity index (χ2v) is 1.37. The molecule has 0 aromatic carbocycles. The van der Waals surface area contributed by atoms with Crippen LogP contribution in [-0.2, 0) is 0 Å². The van der Waals surface area contributed by atoms with E-state index in [2.05, 4.69) is 16.2 Å². The molecule has 0 bridgehead atoms. The molecule has 0 radical (unpaired) electrons. The van der Waals surface area contributed by atoms with E-state index in [4.69, 9.17) is 6.42 Å². The minimum absolute atomic E-state index is 0.634. The molecule has 0 aliphatic carbocycles. The third-order valence-electron chi connectivity index (χ3n) is 0.633. The number of nitrogens with zero attached hydrogens (tertiary/aromatic N) is 1. The van der Waals surface area contributed by atoms with Crippen molar-refractivity contribution in [1.29, 1.82) is 0 Å². The summed E-state index contributed by atoms with van der Waals surface area (Å²) in [4.78, 5) is 3.91. The third-order valence-corrected chi connectivity index (χ3v) is 0.633. The van der Waals surface area contributed by atoms with Crippen molar-refractivity contribution in [2.75, 3.05) is 13.7 Å². The quantitative estimate of drug-likeness (QED) is 0.426. The fourth-order valence-corrected chi connectivity index (χ4v) is 0.303. The molecule has 2 heteroatoms. The van der Waals surface area contributed by atoms with Gasteiger partial charge in [-0.15, -0.1) is 6.42 Å². The second kappa shape index (κ2) is 6.93. The molecule has 1 N–H and O–H groups in total. The summed E-state index contributed by atoms with van der Waals surface area (Å²) in [7, 11) is 1.84. The number of hydrogen-bond donors (Lipinski definition) is 1. The van der Waals surface area contributed by atoms with Crippen molar-refractivity contribution in [3.63, 3.8) is 0 Å². The maximum absolute atomic E-state index is 4.93. The molecule has 0 atom stereocenters. The van der Waals surface area contributed by atoms with Crippen LogP contribution in [0.1, 0.15) is 0 Å². The van der Waals surface area contributed by atoms with Gasteiger partial charge in [-0.05, 0) is 19.2 Å². The van der Waals surface area contributed by atoms with Gasteiger partial charge in [0.1, 0.15) is 0 Å². The van der Waals surface area contributed by atoms with E-state index in [9.17, 15) is 0 Å². The molecule has 0 aromatic rings. The van der Waals surface area contributed by atoms with E-state index >= 15 is 0 Å². The second-order valence-electron chi connectivity index (χ2n) is 1.37. The van der Waals surface area contributed by atoms with Crippen LogP contribution in [0.2, 0.25) is 0 Å². The Morgan fingerprint density at radius 3 is 3.11 bits per heavy atom. The van der Waals surface area contributed by atoms with Gasteiger partial charge < -0.3 is 5.32 Å². The highest BCUT2D eigenvalue weighted by molar-refractivity contribution is 5.71. The standard InChI is InChI=1S/C7H10N2/c1-3-4-5-6-9-7-8-2/h1,4-6,8H,7H2,2H3/b5-4-,9-6?. The van der Waals surface area contributed by atoms with E-state index in [-0.39, 0.29) is 0 Å². The number of nitrogens with one attached hydrogen (secondary N) is 1. The van der Waals surface area contributed by atoms with Gasteiger partial charge in [-0.25, -0.2) is 0 Å². The summed E-state index contributed by atoms with van der Waals surface area (Å²) >= 11 is 0. The summed E-state index contributed by atoms with van der Waals surface area (Å²) in [6.45, 7) is 0.634. The van der Waals surface area contributed by atoms with Crippen LogP contribution < -0.4 is 5.32 Å². The normalized spacial score (nSPS) is 10.7. The van der Waals surface area contributed by atoms with Gasteiger partial charge in [-0.2, -0.15) is 0 Å². The highest BCUT2D eigenvalue weighted by Crippen LogP contribution is 1.64. The topological polar surface area (TPSA) is 24.4 Å². The lowest BCUT2D eigenvalue weighted by molar-refractivity contribution is 0.838. The van der Waals surface area contributed by atoms with E-state index < -0.39 is 0 Å². The molecule has 0 heterocycles. The van der Waals surface area contributed by atoms with Crippen molar-refractivity contribution in [3.05, 3.63) is 12.2 Å². The Labute approximate surface area is 55.7 Å². The molecule has 0 aliphatic heterocycles. The Morgan fingerprint density at radius 1 is 1.78 bits per heavy atom. The number of allylic oxidation sites excluding steroid dienone is 2. The molecular weight excluding hydrogens is 112 g/mol. The zero-order chi connectivity index (χ0) is 6.95. The summed E-state index contributed by atoms with van der Waals surface area (Å²) in [6.07, 6.45) is 9.91. The first-order valence-corrected chi connectivity index (χ1v) is 2.67. The predicted octanol–water partition coefficient (Wildman–Crippen LogP) is 0.424. The maximum Gasteiger partial charge on any atom is 0.0881 e. The molecule has 9 heavy (non-hydrogen) atoms. The lowest BCUT2D eigenvalue weighted by Gasteiger charge is -1.83. The Kier molecular flexibility index (Phi) is 6.11. The number of aliphatic imine (C=N–C) groups is 1. The highest BCUT2D eigenvalue weighted by Gasteiger charge is 1.64. The van der Waals surface area contributed by atoms with Crippen LogP contribution in [0.3, 0.4) is 0 Å². The average Bonchev–Trinajstić information content (AvgIpc) is 1.89. The third kappa shape index (κ3) is 6.93. The molecule has 0 fully saturated rings. The summed E-state index contributed by atoms with van der Waals surface area (Å²) < 4.78 is 0.